The molecule has 160 valence electrons. The lowest BCUT2D eigenvalue weighted by molar-refractivity contribution is -0.114. The van der Waals surface area contributed by atoms with Crippen molar-refractivity contribution in [3.63, 3.8) is 0 Å². The first-order chi connectivity index (χ1) is 14.9. The number of benzene rings is 3. The zero-order valence-corrected chi connectivity index (χ0v) is 18.1. The van der Waals surface area contributed by atoms with E-state index in [1.54, 1.807) is 60.7 Å². The molecule has 31 heavy (non-hydrogen) atoms. The third-order valence-electron chi connectivity index (χ3n) is 4.22. The van der Waals surface area contributed by atoms with E-state index in [0.717, 1.165) is 4.31 Å². The van der Waals surface area contributed by atoms with Crippen molar-refractivity contribution in [3.05, 3.63) is 96.5 Å². The number of hydrogen-bond acceptors (Lipinski definition) is 4. The van der Waals surface area contributed by atoms with E-state index in [4.69, 9.17) is 16.3 Å². The van der Waals surface area contributed by atoms with Gasteiger partial charge in [-0.3, -0.25) is 9.10 Å². The summed E-state index contributed by atoms with van der Waals surface area (Å²) >= 11 is 5.89. The first kappa shape index (κ1) is 22.4. The third-order valence-corrected chi connectivity index (χ3v) is 6.26. The van der Waals surface area contributed by atoms with Gasteiger partial charge >= 0.3 is 0 Å². The fourth-order valence-electron chi connectivity index (χ4n) is 2.79. The highest BCUT2D eigenvalue weighted by Gasteiger charge is 2.27. The Morgan fingerprint density at radius 1 is 1.03 bits per heavy atom. The molecule has 0 aliphatic heterocycles. The van der Waals surface area contributed by atoms with Gasteiger partial charge in [-0.1, -0.05) is 48.5 Å². The second-order valence-corrected chi connectivity index (χ2v) is 8.78. The van der Waals surface area contributed by atoms with Gasteiger partial charge in [-0.2, -0.15) is 0 Å². The Morgan fingerprint density at radius 2 is 1.74 bits per heavy atom. The van der Waals surface area contributed by atoms with E-state index < -0.39 is 22.5 Å². The molecule has 0 radical (unpaired) electrons. The van der Waals surface area contributed by atoms with E-state index in [0.29, 0.717) is 28.8 Å². The normalized spacial score (nSPS) is 10.9. The average Bonchev–Trinajstić information content (AvgIpc) is 2.77. The molecular weight excluding hydrogens is 436 g/mol. The van der Waals surface area contributed by atoms with Crippen molar-refractivity contribution in [3.8, 4) is 5.75 Å². The first-order valence-corrected chi connectivity index (χ1v) is 11.2. The van der Waals surface area contributed by atoms with Gasteiger partial charge in [-0.25, -0.2) is 8.42 Å². The van der Waals surface area contributed by atoms with Crippen LogP contribution in [-0.4, -0.2) is 27.5 Å². The summed E-state index contributed by atoms with van der Waals surface area (Å²) in [5, 5.41) is 3.14. The number of para-hydroxylation sites is 1. The number of carbonyl (C=O) groups excluding carboxylic acids is 1. The minimum absolute atomic E-state index is 0.0355. The van der Waals surface area contributed by atoms with Crippen LogP contribution in [0, 0.1) is 0 Å². The van der Waals surface area contributed by atoms with E-state index in [-0.39, 0.29) is 4.90 Å². The van der Waals surface area contributed by atoms with Crippen LogP contribution in [0.15, 0.2) is 96.4 Å². The molecule has 0 saturated carbocycles. The van der Waals surface area contributed by atoms with Crippen molar-refractivity contribution in [2.75, 3.05) is 22.8 Å². The Morgan fingerprint density at radius 3 is 2.42 bits per heavy atom. The van der Waals surface area contributed by atoms with Crippen molar-refractivity contribution in [2.24, 2.45) is 0 Å². The number of amides is 1. The van der Waals surface area contributed by atoms with Crippen molar-refractivity contribution in [1.82, 2.24) is 0 Å². The molecule has 0 atom stereocenters. The summed E-state index contributed by atoms with van der Waals surface area (Å²) in [6, 6.07) is 21.1. The highest BCUT2D eigenvalue weighted by atomic mass is 35.5. The molecule has 0 unspecified atom stereocenters. The average molecular weight is 457 g/mol. The number of ether oxygens (including phenoxy) is 1. The first-order valence-electron chi connectivity index (χ1n) is 9.37. The molecule has 0 fully saturated rings. The molecule has 1 N–H and O–H groups in total. The number of anilines is 2. The van der Waals surface area contributed by atoms with Crippen LogP contribution in [0.3, 0.4) is 0 Å². The third kappa shape index (κ3) is 5.87. The summed E-state index contributed by atoms with van der Waals surface area (Å²) in [4.78, 5) is 12.8. The van der Waals surface area contributed by atoms with Gasteiger partial charge in [0.1, 0.15) is 18.9 Å². The van der Waals surface area contributed by atoms with Gasteiger partial charge in [0.05, 0.1) is 10.6 Å². The molecule has 0 spiro atoms. The fourth-order valence-corrected chi connectivity index (χ4v) is 4.34. The second-order valence-electron chi connectivity index (χ2n) is 6.48. The zero-order chi connectivity index (χ0) is 22.3. The lowest BCUT2D eigenvalue weighted by atomic mass is 10.3. The van der Waals surface area contributed by atoms with E-state index in [9.17, 15) is 13.2 Å². The molecule has 0 aromatic heterocycles. The van der Waals surface area contributed by atoms with E-state index >= 15 is 0 Å². The number of hydrogen-bond donors (Lipinski definition) is 1. The zero-order valence-electron chi connectivity index (χ0n) is 16.6. The Balaban J connectivity index is 1.85. The van der Waals surface area contributed by atoms with Gasteiger partial charge in [0.2, 0.25) is 5.91 Å². The summed E-state index contributed by atoms with van der Waals surface area (Å²) in [5.74, 6) is 0.0636. The summed E-state index contributed by atoms with van der Waals surface area (Å²) in [6.45, 7) is 3.52. The van der Waals surface area contributed by atoms with Crippen LogP contribution in [0.5, 0.6) is 5.75 Å². The Hall–Kier alpha value is -3.29. The molecule has 0 aliphatic rings. The molecule has 0 saturated heterocycles. The van der Waals surface area contributed by atoms with Crippen LogP contribution in [0.2, 0.25) is 5.02 Å². The Kier molecular flexibility index (Phi) is 7.33. The molecule has 6 nitrogen and oxygen atoms in total. The molecule has 3 aromatic rings. The minimum Gasteiger partial charge on any atom is -0.489 e. The molecule has 0 aliphatic carbocycles. The molecule has 0 bridgehead atoms. The molecule has 8 heteroatoms. The number of nitrogens with zero attached hydrogens (tertiary/aromatic N) is 1. The van der Waals surface area contributed by atoms with E-state index in [2.05, 4.69) is 11.9 Å². The standard InChI is InChI=1S/C23H21ClN2O4S/c1-2-15-30-21-10-6-7-19(16-21)25-23(27)17-26(20-8-4-3-5-9-20)31(28,29)22-13-11-18(24)12-14-22/h2-14,16H,1,15,17H2,(H,25,27). The Bertz CT molecular complexity index is 1150. The second kappa shape index (κ2) is 10.1. The molecule has 3 rings (SSSR count). The van der Waals surface area contributed by atoms with Crippen molar-refractivity contribution in [1.29, 1.82) is 0 Å². The summed E-state index contributed by atoms with van der Waals surface area (Å²) < 4.78 is 33.1. The topological polar surface area (TPSA) is 75.7 Å². The highest BCUT2D eigenvalue weighted by molar-refractivity contribution is 7.92. The molecule has 0 heterocycles. The number of sulfonamides is 1. The maximum absolute atomic E-state index is 13.3. The summed E-state index contributed by atoms with van der Waals surface area (Å²) in [7, 11) is -4.00. The van der Waals surface area contributed by atoms with Crippen LogP contribution in [-0.2, 0) is 14.8 Å². The largest absolute Gasteiger partial charge is 0.489 e. The summed E-state index contributed by atoms with van der Waals surface area (Å²) in [5.41, 5.74) is 0.860. The van der Waals surface area contributed by atoms with Crippen LogP contribution < -0.4 is 14.4 Å². The van der Waals surface area contributed by atoms with Gasteiger partial charge in [0, 0.05) is 16.8 Å². The molecular formula is C23H21ClN2O4S. The van der Waals surface area contributed by atoms with Crippen molar-refractivity contribution < 1.29 is 17.9 Å². The lowest BCUT2D eigenvalue weighted by Gasteiger charge is -2.24. The Labute approximate surface area is 186 Å². The number of halogens is 1. The fraction of sp³-hybridized carbons (Fsp3) is 0.0870. The highest BCUT2D eigenvalue weighted by Crippen LogP contribution is 2.25. The van der Waals surface area contributed by atoms with E-state index in [1.807, 2.05) is 0 Å². The molecule has 3 aromatic carbocycles. The lowest BCUT2D eigenvalue weighted by Crippen LogP contribution is -2.38. The SMILES string of the molecule is C=CCOc1cccc(NC(=O)CN(c2ccccc2)S(=O)(=O)c2ccc(Cl)cc2)c1. The van der Waals surface area contributed by atoms with Gasteiger partial charge in [0.15, 0.2) is 0 Å². The van der Waals surface area contributed by atoms with E-state index in [1.165, 1.54) is 24.3 Å². The van der Waals surface area contributed by atoms with Crippen molar-refractivity contribution >= 4 is 38.9 Å². The maximum Gasteiger partial charge on any atom is 0.264 e. The smallest absolute Gasteiger partial charge is 0.264 e. The quantitative estimate of drug-likeness (QED) is 0.472. The van der Waals surface area contributed by atoms with Gasteiger partial charge in [-0.15, -0.1) is 0 Å². The van der Waals surface area contributed by atoms with Gasteiger partial charge in [0.25, 0.3) is 10.0 Å². The van der Waals surface area contributed by atoms with Gasteiger partial charge < -0.3 is 10.1 Å². The monoisotopic (exact) mass is 456 g/mol. The number of carbonyl (C=O) groups is 1. The van der Waals surface area contributed by atoms with Gasteiger partial charge in [-0.05, 0) is 48.5 Å². The maximum atomic E-state index is 13.3. The molecule has 1 amide bonds. The summed E-state index contributed by atoms with van der Waals surface area (Å²) in [6.07, 6.45) is 1.62. The van der Waals surface area contributed by atoms with Crippen LogP contribution in [0.1, 0.15) is 0 Å². The predicted molar refractivity (Wildman–Crippen MR) is 123 cm³/mol. The van der Waals surface area contributed by atoms with Crippen LogP contribution in [0.4, 0.5) is 11.4 Å². The van der Waals surface area contributed by atoms with Crippen LogP contribution in [0.25, 0.3) is 0 Å². The van der Waals surface area contributed by atoms with Crippen molar-refractivity contribution in [2.45, 2.75) is 4.90 Å². The minimum atomic E-state index is -4.00. The predicted octanol–water partition coefficient (Wildman–Crippen LogP) is 4.74. The van der Waals surface area contributed by atoms with Crippen LogP contribution >= 0.6 is 11.6 Å². The number of rotatable bonds is 9. The number of nitrogens with one attached hydrogen (secondary N) is 1.